The first-order chi connectivity index (χ1) is 8.79. The Morgan fingerprint density at radius 3 is 2.67 bits per heavy atom. The molecular formula is C14H21NO2S. The van der Waals surface area contributed by atoms with Crippen LogP contribution < -0.4 is 0 Å². The Hall–Kier alpha value is -0.870. The summed E-state index contributed by atoms with van der Waals surface area (Å²) in [5.74, 6) is -0.190. The van der Waals surface area contributed by atoms with Crippen LogP contribution in [0.5, 0.6) is 0 Å². The predicted octanol–water partition coefficient (Wildman–Crippen LogP) is 3.30. The lowest BCUT2D eigenvalue weighted by Gasteiger charge is -2.18. The van der Waals surface area contributed by atoms with Crippen molar-refractivity contribution in [1.82, 2.24) is 4.90 Å². The van der Waals surface area contributed by atoms with Gasteiger partial charge in [0.05, 0.1) is 6.61 Å². The number of esters is 1. The van der Waals surface area contributed by atoms with E-state index in [1.54, 1.807) is 11.3 Å². The van der Waals surface area contributed by atoms with Crippen molar-refractivity contribution in [3.63, 3.8) is 0 Å². The Labute approximate surface area is 113 Å². The van der Waals surface area contributed by atoms with E-state index < -0.39 is 0 Å². The summed E-state index contributed by atoms with van der Waals surface area (Å²) >= 11 is 1.57. The minimum atomic E-state index is -0.190. The second-order valence-electron chi connectivity index (χ2n) is 4.68. The molecule has 0 atom stereocenters. The SMILES string of the molecule is CCOC(=O)c1ccc(CN2CCCCCC2)s1. The molecule has 3 nitrogen and oxygen atoms in total. The van der Waals surface area contributed by atoms with E-state index in [0.29, 0.717) is 6.61 Å². The fraction of sp³-hybridized carbons (Fsp3) is 0.643. The summed E-state index contributed by atoms with van der Waals surface area (Å²) in [7, 11) is 0. The summed E-state index contributed by atoms with van der Waals surface area (Å²) in [6.07, 6.45) is 5.32. The third-order valence-electron chi connectivity index (χ3n) is 3.22. The second-order valence-corrected chi connectivity index (χ2v) is 5.85. The lowest BCUT2D eigenvalue weighted by molar-refractivity contribution is 0.0532. The number of thiophene rings is 1. The highest BCUT2D eigenvalue weighted by atomic mass is 32.1. The summed E-state index contributed by atoms with van der Waals surface area (Å²) in [6, 6.07) is 3.94. The highest BCUT2D eigenvalue weighted by Crippen LogP contribution is 2.21. The van der Waals surface area contributed by atoms with Crippen molar-refractivity contribution in [1.29, 1.82) is 0 Å². The highest BCUT2D eigenvalue weighted by molar-refractivity contribution is 7.13. The van der Waals surface area contributed by atoms with Crippen molar-refractivity contribution in [2.45, 2.75) is 39.2 Å². The lowest BCUT2D eigenvalue weighted by atomic mass is 10.2. The van der Waals surface area contributed by atoms with Gasteiger partial charge in [-0.05, 0) is 45.0 Å². The first-order valence-corrected chi connectivity index (χ1v) is 7.59. The van der Waals surface area contributed by atoms with Crippen LogP contribution in [0.3, 0.4) is 0 Å². The fourth-order valence-corrected chi connectivity index (χ4v) is 3.23. The highest BCUT2D eigenvalue weighted by Gasteiger charge is 2.13. The van der Waals surface area contributed by atoms with Gasteiger partial charge in [0.25, 0.3) is 0 Å². The number of hydrogen-bond donors (Lipinski definition) is 0. The van der Waals surface area contributed by atoms with Crippen LogP contribution in [0.4, 0.5) is 0 Å². The molecule has 0 aromatic carbocycles. The molecule has 1 aliphatic heterocycles. The Bertz CT molecular complexity index is 381. The van der Waals surface area contributed by atoms with Gasteiger partial charge in [-0.2, -0.15) is 0 Å². The molecule has 100 valence electrons. The molecule has 0 N–H and O–H groups in total. The molecular weight excluding hydrogens is 246 g/mol. The van der Waals surface area contributed by atoms with Gasteiger partial charge < -0.3 is 4.74 Å². The van der Waals surface area contributed by atoms with E-state index in [1.807, 2.05) is 13.0 Å². The minimum Gasteiger partial charge on any atom is -0.462 e. The van der Waals surface area contributed by atoms with Crippen molar-refractivity contribution in [3.05, 3.63) is 21.9 Å². The van der Waals surface area contributed by atoms with Crippen LogP contribution in [0.2, 0.25) is 0 Å². The van der Waals surface area contributed by atoms with Crippen LogP contribution in [-0.2, 0) is 11.3 Å². The van der Waals surface area contributed by atoms with Gasteiger partial charge in [0.2, 0.25) is 0 Å². The molecule has 0 unspecified atom stereocenters. The van der Waals surface area contributed by atoms with Gasteiger partial charge in [-0.25, -0.2) is 4.79 Å². The molecule has 0 bridgehead atoms. The molecule has 18 heavy (non-hydrogen) atoms. The third kappa shape index (κ3) is 3.82. The van der Waals surface area contributed by atoms with Gasteiger partial charge in [-0.1, -0.05) is 12.8 Å². The van der Waals surface area contributed by atoms with Crippen LogP contribution in [0, 0.1) is 0 Å². The molecule has 2 heterocycles. The summed E-state index contributed by atoms with van der Waals surface area (Å²) < 4.78 is 5.01. The summed E-state index contributed by atoms with van der Waals surface area (Å²) in [4.78, 5) is 16.1. The van der Waals surface area contributed by atoms with Gasteiger partial charge in [0, 0.05) is 11.4 Å². The molecule has 1 saturated heterocycles. The zero-order chi connectivity index (χ0) is 12.8. The molecule has 1 aromatic heterocycles. The van der Waals surface area contributed by atoms with Crippen molar-refractivity contribution in [2.75, 3.05) is 19.7 Å². The molecule has 4 heteroatoms. The zero-order valence-electron chi connectivity index (χ0n) is 11.0. The van der Waals surface area contributed by atoms with Crippen molar-refractivity contribution < 1.29 is 9.53 Å². The number of carbonyl (C=O) groups excluding carboxylic acids is 1. The molecule has 2 rings (SSSR count). The maximum atomic E-state index is 11.6. The van der Waals surface area contributed by atoms with Crippen molar-refractivity contribution in [3.8, 4) is 0 Å². The summed E-state index contributed by atoms with van der Waals surface area (Å²) in [6.45, 7) is 5.63. The van der Waals surface area contributed by atoms with E-state index in [0.717, 1.165) is 11.4 Å². The third-order valence-corrected chi connectivity index (χ3v) is 4.27. The van der Waals surface area contributed by atoms with Crippen LogP contribution in [0.1, 0.15) is 47.2 Å². The van der Waals surface area contributed by atoms with E-state index in [-0.39, 0.29) is 5.97 Å². The topological polar surface area (TPSA) is 29.5 Å². The summed E-state index contributed by atoms with van der Waals surface area (Å²) in [5, 5.41) is 0. The van der Waals surface area contributed by atoms with Crippen molar-refractivity contribution in [2.24, 2.45) is 0 Å². The molecule has 1 aliphatic rings. The largest absolute Gasteiger partial charge is 0.462 e. The number of likely N-dealkylation sites (tertiary alicyclic amines) is 1. The lowest BCUT2D eigenvalue weighted by Crippen LogP contribution is -2.23. The number of ether oxygens (including phenoxy) is 1. The smallest absolute Gasteiger partial charge is 0.348 e. The molecule has 1 aromatic rings. The Morgan fingerprint density at radius 1 is 1.28 bits per heavy atom. The number of nitrogens with zero attached hydrogens (tertiary/aromatic N) is 1. The van der Waals surface area contributed by atoms with Gasteiger partial charge >= 0.3 is 5.97 Å². The van der Waals surface area contributed by atoms with E-state index in [9.17, 15) is 4.79 Å². The van der Waals surface area contributed by atoms with E-state index in [2.05, 4.69) is 11.0 Å². The first kappa shape index (κ1) is 13.6. The molecule has 0 saturated carbocycles. The Kier molecular flexibility index (Phi) is 5.20. The Balaban J connectivity index is 1.91. The van der Waals surface area contributed by atoms with E-state index in [4.69, 9.17) is 4.74 Å². The maximum absolute atomic E-state index is 11.6. The zero-order valence-corrected chi connectivity index (χ0v) is 11.8. The van der Waals surface area contributed by atoms with Crippen LogP contribution in [0.15, 0.2) is 12.1 Å². The second kappa shape index (κ2) is 6.90. The number of carbonyl (C=O) groups is 1. The average molecular weight is 267 g/mol. The van der Waals surface area contributed by atoms with E-state index >= 15 is 0 Å². The maximum Gasteiger partial charge on any atom is 0.348 e. The molecule has 1 fully saturated rings. The first-order valence-electron chi connectivity index (χ1n) is 6.78. The predicted molar refractivity (Wildman–Crippen MR) is 74.0 cm³/mol. The minimum absolute atomic E-state index is 0.190. The quantitative estimate of drug-likeness (QED) is 0.784. The average Bonchev–Trinajstić information content (AvgIpc) is 2.67. The molecule has 0 spiro atoms. The van der Waals surface area contributed by atoms with Crippen LogP contribution >= 0.6 is 11.3 Å². The van der Waals surface area contributed by atoms with E-state index in [1.165, 1.54) is 43.6 Å². The summed E-state index contributed by atoms with van der Waals surface area (Å²) in [5.41, 5.74) is 0. The standard InChI is InChI=1S/C14H21NO2S/c1-2-17-14(16)13-8-7-12(18-13)11-15-9-5-3-4-6-10-15/h7-8H,2-6,9-11H2,1H3. The number of hydrogen-bond acceptors (Lipinski definition) is 4. The fourth-order valence-electron chi connectivity index (χ4n) is 2.29. The number of rotatable bonds is 4. The van der Waals surface area contributed by atoms with Crippen LogP contribution in [0.25, 0.3) is 0 Å². The monoisotopic (exact) mass is 267 g/mol. The van der Waals surface area contributed by atoms with Crippen LogP contribution in [-0.4, -0.2) is 30.6 Å². The molecule has 0 radical (unpaired) electrons. The Morgan fingerprint density at radius 2 is 2.00 bits per heavy atom. The van der Waals surface area contributed by atoms with Gasteiger partial charge in [0.1, 0.15) is 4.88 Å². The van der Waals surface area contributed by atoms with Gasteiger partial charge in [0.15, 0.2) is 0 Å². The molecule has 0 aliphatic carbocycles. The normalized spacial score (nSPS) is 17.4. The van der Waals surface area contributed by atoms with Gasteiger partial charge in [-0.3, -0.25) is 4.90 Å². The van der Waals surface area contributed by atoms with Gasteiger partial charge in [-0.15, -0.1) is 11.3 Å². The van der Waals surface area contributed by atoms with Crippen molar-refractivity contribution >= 4 is 17.3 Å². The molecule has 0 amide bonds.